The molecule has 0 saturated carbocycles. The van der Waals surface area contributed by atoms with Crippen molar-refractivity contribution >= 4 is 14.3 Å². The topological polar surface area (TPSA) is 91.0 Å². The van der Waals surface area contributed by atoms with Gasteiger partial charge >= 0.3 is 5.97 Å². The van der Waals surface area contributed by atoms with Crippen LogP contribution in [-0.2, 0) is 14.0 Å². The smallest absolute Gasteiger partial charge is 0.325 e. The van der Waals surface area contributed by atoms with Gasteiger partial charge in [-0.15, -0.1) is 0 Å². The van der Waals surface area contributed by atoms with Crippen LogP contribution in [-0.4, -0.2) is 39.7 Å². The van der Waals surface area contributed by atoms with Gasteiger partial charge < -0.3 is 24.7 Å². The number of hydrogen-bond acceptors (Lipinski definition) is 6. The molecule has 0 amide bonds. The maximum absolute atomic E-state index is 12.0. The largest absolute Gasteiger partial charge is 0.504 e. The van der Waals surface area contributed by atoms with Gasteiger partial charge in [0.25, 0.3) is 0 Å². The number of carbonyl (C=O) groups excluding carboxylic acids is 1. The number of hydrogen-bond donors (Lipinski definition) is 2. The Balaban J connectivity index is 3.29. The molecule has 2 atom stereocenters. The van der Waals surface area contributed by atoms with Gasteiger partial charge in [0.2, 0.25) is 0 Å². The Morgan fingerprint density at radius 1 is 1.25 bits per heavy atom. The Kier molecular flexibility index (Phi) is 6.43. The molecule has 1 aromatic carbocycles. The lowest BCUT2D eigenvalue weighted by atomic mass is 10.0. The van der Waals surface area contributed by atoms with Crippen molar-refractivity contribution in [3.05, 3.63) is 23.8 Å². The van der Waals surface area contributed by atoms with E-state index in [1.165, 1.54) is 20.3 Å². The zero-order chi connectivity index (χ0) is 18.7. The van der Waals surface area contributed by atoms with E-state index in [0.29, 0.717) is 11.3 Å². The third-order valence-electron chi connectivity index (χ3n) is 4.56. The Morgan fingerprint density at radius 2 is 1.83 bits per heavy atom. The van der Waals surface area contributed by atoms with Gasteiger partial charge in [0.1, 0.15) is 6.04 Å². The summed E-state index contributed by atoms with van der Waals surface area (Å²) in [6.07, 6.45) is -0.713. The molecule has 0 radical (unpaired) electrons. The van der Waals surface area contributed by atoms with Gasteiger partial charge in [-0.1, -0.05) is 26.8 Å². The molecule has 1 aromatic rings. The number of aromatic hydroxyl groups is 1. The van der Waals surface area contributed by atoms with Gasteiger partial charge in [0, 0.05) is 0 Å². The minimum Gasteiger partial charge on any atom is -0.504 e. The van der Waals surface area contributed by atoms with Crippen LogP contribution in [0, 0.1) is 0 Å². The SMILES string of the molecule is COC(=O)[C@@H](N)[C@@H](O[Si](C)(C)C(C)(C)C)c1ccc(OC)c(O)c1. The van der Waals surface area contributed by atoms with Gasteiger partial charge in [0.15, 0.2) is 19.8 Å². The number of carbonyl (C=O) groups is 1. The highest BCUT2D eigenvalue weighted by molar-refractivity contribution is 6.74. The molecule has 3 N–H and O–H groups in total. The fraction of sp³-hybridized carbons (Fsp3) is 0.588. The van der Waals surface area contributed by atoms with E-state index in [9.17, 15) is 9.90 Å². The molecule has 0 saturated heterocycles. The molecule has 1 rings (SSSR count). The summed E-state index contributed by atoms with van der Waals surface area (Å²) in [4.78, 5) is 12.0. The van der Waals surface area contributed by atoms with Crippen molar-refractivity contribution in [3.8, 4) is 11.5 Å². The number of ether oxygens (including phenoxy) is 2. The van der Waals surface area contributed by atoms with Crippen LogP contribution in [0.3, 0.4) is 0 Å². The van der Waals surface area contributed by atoms with Gasteiger partial charge in [-0.3, -0.25) is 4.79 Å². The molecule has 136 valence electrons. The van der Waals surface area contributed by atoms with Crippen LogP contribution in [0.25, 0.3) is 0 Å². The van der Waals surface area contributed by atoms with Crippen LogP contribution in [0.4, 0.5) is 0 Å². The van der Waals surface area contributed by atoms with Crippen molar-refractivity contribution in [3.63, 3.8) is 0 Å². The predicted molar refractivity (Wildman–Crippen MR) is 95.7 cm³/mol. The third kappa shape index (κ3) is 4.49. The summed E-state index contributed by atoms with van der Waals surface area (Å²) in [6, 6.07) is 3.88. The summed E-state index contributed by atoms with van der Waals surface area (Å²) in [7, 11) is 0.547. The molecular formula is C17H29NO5Si. The molecule has 6 nitrogen and oxygen atoms in total. The van der Waals surface area contributed by atoms with Crippen LogP contribution < -0.4 is 10.5 Å². The summed E-state index contributed by atoms with van der Waals surface area (Å²) in [5.74, 6) is -0.249. The first kappa shape index (κ1) is 20.5. The number of benzene rings is 1. The molecule has 0 aliphatic carbocycles. The molecule has 0 unspecified atom stereocenters. The lowest BCUT2D eigenvalue weighted by molar-refractivity contribution is -0.144. The second-order valence-electron chi connectivity index (χ2n) is 7.28. The Labute approximate surface area is 145 Å². The highest BCUT2D eigenvalue weighted by Gasteiger charge is 2.42. The zero-order valence-electron chi connectivity index (χ0n) is 15.5. The quantitative estimate of drug-likeness (QED) is 0.602. The zero-order valence-corrected chi connectivity index (χ0v) is 16.5. The summed E-state index contributed by atoms with van der Waals surface area (Å²) in [5.41, 5.74) is 6.69. The summed E-state index contributed by atoms with van der Waals surface area (Å²) in [6.45, 7) is 10.5. The maximum atomic E-state index is 12.0. The average Bonchev–Trinajstić information content (AvgIpc) is 2.50. The summed E-state index contributed by atoms with van der Waals surface area (Å²) >= 11 is 0. The Hall–Kier alpha value is -1.57. The van der Waals surface area contributed by atoms with Gasteiger partial charge in [0.05, 0.1) is 20.3 Å². The van der Waals surface area contributed by atoms with Gasteiger partial charge in [-0.25, -0.2) is 0 Å². The maximum Gasteiger partial charge on any atom is 0.325 e. The second-order valence-corrected chi connectivity index (χ2v) is 12.0. The molecule has 0 fully saturated rings. The first-order valence-electron chi connectivity index (χ1n) is 7.82. The number of esters is 1. The summed E-state index contributed by atoms with van der Waals surface area (Å²) in [5, 5.41) is 9.99. The fourth-order valence-corrected chi connectivity index (χ4v) is 3.26. The number of phenols is 1. The Morgan fingerprint density at radius 3 is 2.25 bits per heavy atom. The normalized spacial score (nSPS) is 14.8. The molecule has 0 heterocycles. The van der Waals surface area contributed by atoms with Gasteiger partial charge in [-0.2, -0.15) is 0 Å². The molecule has 0 spiro atoms. The van der Waals surface area contributed by atoms with E-state index in [4.69, 9.17) is 19.6 Å². The van der Waals surface area contributed by atoms with E-state index >= 15 is 0 Å². The lowest BCUT2D eigenvalue weighted by Crippen LogP contribution is -2.48. The van der Waals surface area contributed by atoms with Crippen molar-refractivity contribution in [1.29, 1.82) is 0 Å². The molecule has 7 heteroatoms. The van der Waals surface area contributed by atoms with Crippen molar-refractivity contribution in [1.82, 2.24) is 0 Å². The van der Waals surface area contributed by atoms with Crippen molar-refractivity contribution in [2.75, 3.05) is 14.2 Å². The highest BCUT2D eigenvalue weighted by atomic mass is 28.4. The van der Waals surface area contributed by atoms with E-state index in [1.807, 2.05) is 0 Å². The van der Waals surface area contributed by atoms with Gasteiger partial charge in [-0.05, 0) is 35.8 Å². The standard InChI is InChI=1S/C17H29NO5Si/c1-17(2,3)24(6,7)23-15(14(18)16(20)22-5)11-8-9-13(21-4)12(19)10-11/h8-10,14-15,19H,18H2,1-7H3/t14-,15-/m0/s1. The van der Waals surface area contributed by atoms with Crippen molar-refractivity contribution < 1.29 is 23.8 Å². The van der Waals surface area contributed by atoms with Crippen LogP contribution in [0.2, 0.25) is 18.1 Å². The van der Waals surface area contributed by atoms with E-state index in [0.717, 1.165) is 0 Å². The number of methoxy groups -OCH3 is 2. The van der Waals surface area contributed by atoms with E-state index < -0.39 is 26.4 Å². The average molecular weight is 356 g/mol. The molecular weight excluding hydrogens is 326 g/mol. The van der Waals surface area contributed by atoms with Crippen molar-refractivity contribution in [2.24, 2.45) is 5.73 Å². The molecule has 0 aliphatic rings. The van der Waals surface area contributed by atoms with Crippen LogP contribution >= 0.6 is 0 Å². The van der Waals surface area contributed by atoms with Crippen LogP contribution in [0.5, 0.6) is 11.5 Å². The molecule has 0 aliphatic heterocycles. The highest BCUT2D eigenvalue weighted by Crippen LogP contribution is 2.41. The monoisotopic (exact) mass is 355 g/mol. The molecule has 24 heavy (non-hydrogen) atoms. The van der Waals surface area contributed by atoms with E-state index in [2.05, 4.69) is 33.9 Å². The molecule has 0 bridgehead atoms. The second kappa shape index (κ2) is 7.54. The first-order chi connectivity index (χ1) is 10.9. The minimum atomic E-state index is -2.21. The van der Waals surface area contributed by atoms with E-state index in [1.54, 1.807) is 12.1 Å². The fourth-order valence-electron chi connectivity index (χ4n) is 1.99. The number of phenolic OH excluding ortho intramolecular Hbond substituents is 1. The van der Waals surface area contributed by atoms with Crippen LogP contribution in [0.1, 0.15) is 32.4 Å². The van der Waals surface area contributed by atoms with Crippen molar-refractivity contribution in [2.45, 2.75) is 51.0 Å². The minimum absolute atomic E-state index is 0.0316. The third-order valence-corrected chi connectivity index (χ3v) is 9.01. The number of nitrogens with two attached hydrogens (primary N) is 1. The first-order valence-corrected chi connectivity index (χ1v) is 10.7. The summed E-state index contributed by atoms with van der Waals surface area (Å²) < 4.78 is 16.2. The predicted octanol–water partition coefficient (Wildman–Crippen LogP) is 2.96. The lowest BCUT2D eigenvalue weighted by Gasteiger charge is -2.40. The van der Waals surface area contributed by atoms with Crippen LogP contribution in [0.15, 0.2) is 18.2 Å². The number of rotatable bonds is 6. The molecule has 0 aromatic heterocycles. The van der Waals surface area contributed by atoms with E-state index in [-0.39, 0.29) is 10.8 Å². The Bertz CT molecular complexity index is 583.